The van der Waals surface area contributed by atoms with Crippen LogP contribution in [0.4, 0.5) is 5.69 Å². The van der Waals surface area contributed by atoms with E-state index in [4.69, 9.17) is 25.8 Å². The lowest BCUT2D eigenvalue weighted by Gasteiger charge is -2.38. The maximum atomic E-state index is 14.9. The fourth-order valence-corrected chi connectivity index (χ4v) is 7.85. The predicted octanol–water partition coefficient (Wildman–Crippen LogP) is 3.28. The van der Waals surface area contributed by atoms with E-state index in [1.54, 1.807) is 61.5 Å². The number of carbonyl (C=O) groups excluding carboxylic acids is 4. The van der Waals surface area contributed by atoms with Gasteiger partial charge >= 0.3 is 5.97 Å². The van der Waals surface area contributed by atoms with Gasteiger partial charge in [-0.25, -0.2) is 0 Å². The Hall–Kier alpha value is -4.03. The number of rotatable bonds is 6. The molecule has 1 spiro atoms. The number of carbonyl (C=O) groups is 4. The average Bonchev–Trinajstić information content (AvgIpc) is 3.72. The fourth-order valence-electron chi connectivity index (χ4n) is 7.53. The van der Waals surface area contributed by atoms with Crippen molar-refractivity contribution < 1.29 is 38.5 Å². The van der Waals surface area contributed by atoms with Gasteiger partial charge in [-0.05, 0) is 37.5 Å². The van der Waals surface area contributed by atoms with Crippen molar-refractivity contribution >= 4 is 41.0 Å². The first-order chi connectivity index (χ1) is 23.1. The molecule has 0 unspecified atom stereocenters. The molecule has 254 valence electrons. The zero-order valence-corrected chi connectivity index (χ0v) is 27.8. The van der Waals surface area contributed by atoms with E-state index in [0.29, 0.717) is 22.7 Å². The van der Waals surface area contributed by atoms with Crippen molar-refractivity contribution in [2.24, 2.45) is 11.8 Å². The van der Waals surface area contributed by atoms with Crippen LogP contribution < -0.4 is 10.2 Å². The largest absolute Gasteiger partial charge is 0.455 e. The molecule has 8 atom stereocenters. The molecule has 0 radical (unpaired) electrons. The summed E-state index contributed by atoms with van der Waals surface area (Å²) in [5.74, 6) is -4.14. The van der Waals surface area contributed by atoms with E-state index in [1.807, 2.05) is 25.1 Å². The van der Waals surface area contributed by atoms with Crippen molar-refractivity contribution in [3.63, 3.8) is 0 Å². The van der Waals surface area contributed by atoms with Crippen molar-refractivity contribution in [1.82, 2.24) is 10.2 Å². The molecule has 2 N–H and O–H groups in total. The van der Waals surface area contributed by atoms with E-state index >= 15 is 0 Å². The van der Waals surface area contributed by atoms with E-state index in [2.05, 4.69) is 5.32 Å². The molecule has 48 heavy (non-hydrogen) atoms. The number of hydrogen-bond acceptors (Lipinski definition) is 8. The van der Waals surface area contributed by atoms with Crippen LogP contribution in [-0.4, -0.2) is 90.4 Å². The van der Waals surface area contributed by atoms with Crippen molar-refractivity contribution in [2.45, 2.75) is 62.6 Å². The number of halogens is 1. The highest BCUT2D eigenvalue weighted by Gasteiger charge is 2.74. The molecule has 4 aliphatic rings. The van der Waals surface area contributed by atoms with Crippen LogP contribution in [-0.2, 0) is 33.4 Å². The van der Waals surface area contributed by atoms with Crippen molar-refractivity contribution in [3.8, 4) is 0 Å². The number of benzene rings is 2. The molecule has 2 fully saturated rings. The predicted molar refractivity (Wildman–Crippen MR) is 177 cm³/mol. The number of hydrogen-bond donors (Lipinski definition) is 2. The van der Waals surface area contributed by atoms with Crippen LogP contribution in [0.3, 0.4) is 0 Å². The van der Waals surface area contributed by atoms with E-state index in [-0.39, 0.29) is 25.5 Å². The minimum Gasteiger partial charge on any atom is -0.455 e. The highest BCUT2D eigenvalue weighted by atomic mass is 35.5. The molecule has 2 aromatic rings. The topological polar surface area (TPSA) is 135 Å². The summed E-state index contributed by atoms with van der Waals surface area (Å²) in [6, 6.07) is 11.6. The number of aryl methyl sites for hydroxylation is 1. The number of para-hydroxylation sites is 1. The fraction of sp³-hybridized carbons (Fsp3) is 0.444. The number of anilines is 1. The van der Waals surface area contributed by atoms with Gasteiger partial charge in [0.2, 0.25) is 11.8 Å². The third-order valence-corrected chi connectivity index (χ3v) is 10.0. The number of likely N-dealkylation sites (tertiary alicyclic amines) is 1. The zero-order valence-electron chi connectivity index (χ0n) is 27.1. The van der Waals surface area contributed by atoms with Crippen LogP contribution in [0, 0.1) is 18.8 Å². The quantitative estimate of drug-likeness (QED) is 0.352. The molecule has 4 aliphatic heterocycles. The van der Waals surface area contributed by atoms with Crippen LogP contribution >= 0.6 is 11.6 Å². The van der Waals surface area contributed by atoms with Gasteiger partial charge in [0.1, 0.15) is 23.7 Å². The number of ether oxygens (including phenoxy) is 3. The number of aliphatic hydroxyl groups is 1. The summed E-state index contributed by atoms with van der Waals surface area (Å²) >= 11 is 6.70. The van der Waals surface area contributed by atoms with E-state index < -0.39 is 72.2 Å². The molecule has 12 heteroatoms. The number of esters is 1. The summed E-state index contributed by atoms with van der Waals surface area (Å²) in [6.07, 6.45) is 5.72. The molecule has 3 amide bonds. The number of allylic oxidation sites excluding steroid dienone is 1. The van der Waals surface area contributed by atoms with Crippen LogP contribution in [0.15, 0.2) is 72.8 Å². The van der Waals surface area contributed by atoms with Gasteiger partial charge in [-0.1, -0.05) is 78.4 Å². The van der Waals surface area contributed by atoms with Gasteiger partial charge in [0.25, 0.3) is 5.91 Å². The van der Waals surface area contributed by atoms with Crippen molar-refractivity contribution in [2.75, 3.05) is 31.8 Å². The monoisotopic (exact) mass is 677 g/mol. The molecule has 2 saturated heterocycles. The standard InChI is InChI=1S/C36H40ClN3O8/c1-21-11-10-14-24(37)30(21)39-18-9-5-8-15-27(42)38-25(20-46-3)31(23-12-6-4-7-13-23)47-35(45)28-26-16-17-36(48-26)29(28)33(43)40(22(2)19-41)32(36)34(39)44/h4-7,9-14,16-17,22,25-26,28-29,31-32,41H,8,15,18-20H2,1-3H3,(H,38,42)/b9-5-/t22-,25-,26+,28-,29-,31-,32+,36-/m1/s1. The maximum absolute atomic E-state index is 14.9. The Morgan fingerprint density at radius 2 is 1.85 bits per heavy atom. The number of cyclic esters (lactones) is 1. The van der Waals surface area contributed by atoms with Crippen LogP contribution in [0.25, 0.3) is 0 Å². The molecule has 4 heterocycles. The second kappa shape index (κ2) is 13.8. The first-order valence-corrected chi connectivity index (χ1v) is 16.6. The molecule has 0 saturated carbocycles. The number of nitrogens with one attached hydrogen (secondary N) is 1. The van der Waals surface area contributed by atoms with Crippen molar-refractivity contribution in [3.05, 3.63) is 89.0 Å². The Morgan fingerprint density at radius 1 is 1.08 bits per heavy atom. The third kappa shape index (κ3) is 5.83. The van der Waals surface area contributed by atoms with E-state index in [1.165, 1.54) is 16.9 Å². The molecular weight excluding hydrogens is 638 g/mol. The first-order valence-electron chi connectivity index (χ1n) is 16.2. The Labute approximate surface area is 284 Å². The second-order valence-corrected chi connectivity index (χ2v) is 13.1. The average molecular weight is 678 g/mol. The Balaban J connectivity index is 1.48. The van der Waals surface area contributed by atoms with Gasteiger partial charge in [-0.2, -0.15) is 0 Å². The summed E-state index contributed by atoms with van der Waals surface area (Å²) in [7, 11) is 1.50. The maximum Gasteiger partial charge on any atom is 0.313 e. The minimum atomic E-state index is -1.50. The zero-order chi connectivity index (χ0) is 34.2. The third-order valence-electron chi connectivity index (χ3n) is 9.70. The minimum absolute atomic E-state index is 0.0513. The lowest BCUT2D eigenvalue weighted by atomic mass is 9.74. The number of aliphatic hydroxyl groups excluding tert-OH is 1. The number of methoxy groups -OCH3 is 1. The summed E-state index contributed by atoms with van der Waals surface area (Å²) in [5, 5.41) is 13.6. The molecule has 0 aromatic heterocycles. The summed E-state index contributed by atoms with van der Waals surface area (Å²) in [5.41, 5.74) is 0.334. The smallest absolute Gasteiger partial charge is 0.313 e. The normalized spacial score (nSPS) is 31.9. The Kier molecular flexibility index (Phi) is 9.76. The molecule has 2 aromatic carbocycles. The first kappa shape index (κ1) is 33.9. The number of amides is 3. The summed E-state index contributed by atoms with van der Waals surface area (Å²) in [4.78, 5) is 59.8. The van der Waals surface area contributed by atoms with Crippen LogP contribution in [0.5, 0.6) is 0 Å². The molecule has 11 nitrogen and oxygen atoms in total. The highest BCUT2D eigenvalue weighted by Crippen LogP contribution is 2.56. The van der Waals surface area contributed by atoms with Crippen LogP contribution in [0.2, 0.25) is 5.02 Å². The molecule has 5 bridgehead atoms. The lowest BCUT2D eigenvalue weighted by Crippen LogP contribution is -2.58. The van der Waals surface area contributed by atoms with Gasteiger partial charge in [0, 0.05) is 20.1 Å². The summed E-state index contributed by atoms with van der Waals surface area (Å²) < 4.78 is 18.2. The number of fused-ring (bicyclic) bond motifs is 2. The SMILES string of the molecule is COC[C@H]1NC(=O)CC/C=C\CN(c2c(C)cccc2Cl)C(=O)[C@@H]2N([C@H](C)CO)C(=O)[C@H]3[C@H](C(=O)O[C@@H]1c1ccccc1)[C@@H]1C=C[C@]23O1. The van der Waals surface area contributed by atoms with Gasteiger partial charge < -0.3 is 34.4 Å². The Bertz CT molecular complexity index is 1610. The van der Waals surface area contributed by atoms with E-state index in [0.717, 1.165) is 5.56 Å². The van der Waals surface area contributed by atoms with Crippen molar-refractivity contribution in [1.29, 1.82) is 0 Å². The number of nitrogens with zero attached hydrogens (tertiary/aromatic N) is 2. The second-order valence-electron chi connectivity index (χ2n) is 12.7. The van der Waals surface area contributed by atoms with Gasteiger partial charge in [0.05, 0.1) is 48.0 Å². The molecule has 6 rings (SSSR count). The van der Waals surface area contributed by atoms with Crippen LogP contribution in [0.1, 0.15) is 37.0 Å². The van der Waals surface area contributed by atoms with Gasteiger partial charge in [-0.3, -0.25) is 19.2 Å². The Morgan fingerprint density at radius 3 is 2.56 bits per heavy atom. The molecule has 0 aliphatic carbocycles. The lowest BCUT2D eigenvalue weighted by molar-refractivity contribution is -0.162. The highest BCUT2D eigenvalue weighted by molar-refractivity contribution is 6.34. The van der Waals surface area contributed by atoms with Gasteiger partial charge in [0.15, 0.2) is 0 Å². The van der Waals surface area contributed by atoms with Gasteiger partial charge in [-0.15, -0.1) is 0 Å². The van der Waals surface area contributed by atoms with E-state index in [9.17, 15) is 24.3 Å². The molecular formula is C36H40ClN3O8. The summed E-state index contributed by atoms with van der Waals surface area (Å²) in [6.45, 7) is 3.21.